The second-order valence-corrected chi connectivity index (χ2v) is 6.16. The molecule has 8 heteroatoms. The highest BCUT2D eigenvalue weighted by atomic mass is 19.4. The summed E-state index contributed by atoms with van der Waals surface area (Å²) in [6.07, 6.45) is -3.11. The molecule has 1 aromatic carbocycles. The van der Waals surface area contributed by atoms with Crippen molar-refractivity contribution in [3.63, 3.8) is 0 Å². The molecular formula is C19H18F3N3O2. The molecule has 0 bridgehead atoms. The van der Waals surface area contributed by atoms with E-state index in [1.165, 1.54) is 18.4 Å². The lowest BCUT2D eigenvalue weighted by Crippen LogP contribution is -2.33. The fraction of sp³-hybridized carbons (Fsp3) is 0.263. The molecule has 142 valence electrons. The fourth-order valence-corrected chi connectivity index (χ4v) is 2.96. The van der Waals surface area contributed by atoms with Crippen LogP contribution in [0.1, 0.15) is 39.1 Å². The number of carbonyl (C=O) groups excluding carboxylic acids is 1. The summed E-state index contributed by atoms with van der Waals surface area (Å²) in [5.41, 5.74) is 0.247. The lowest BCUT2D eigenvalue weighted by Gasteiger charge is -2.19. The lowest BCUT2D eigenvalue weighted by atomic mass is 10.1. The third kappa shape index (κ3) is 4.05. The van der Waals surface area contributed by atoms with Gasteiger partial charge in [-0.25, -0.2) is 0 Å². The van der Waals surface area contributed by atoms with Crippen LogP contribution in [0.4, 0.5) is 13.2 Å². The predicted molar refractivity (Wildman–Crippen MR) is 92.3 cm³/mol. The highest BCUT2D eigenvalue weighted by Crippen LogP contribution is 2.32. The van der Waals surface area contributed by atoms with Crippen molar-refractivity contribution in [1.82, 2.24) is 15.1 Å². The summed E-state index contributed by atoms with van der Waals surface area (Å²) in [5, 5.41) is 6.97. The van der Waals surface area contributed by atoms with E-state index in [2.05, 4.69) is 10.4 Å². The van der Waals surface area contributed by atoms with Gasteiger partial charge in [0.2, 0.25) is 0 Å². The van der Waals surface area contributed by atoms with Crippen LogP contribution in [0, 0.1) is 13.8 Å². The molecule has 0 aliphatic rings. The first-order chi connectivity index (χ1) is 12.8. The van der Waals surface area contributed by atoms with Gasteiger partial charge in [0.1, 0.15) is 11.8 Å². The molecule has 1 N–H and O–H groups in total. The van der Waals surface area contributed by atoms with Gasteiger partial charge in [0, 0.05) is 12.2 Å². The number of aromatic nitrogens is 2. The van der Waals surface area contributed by atoms with Gasteiger partial charge in [-0.3, -0.25) is 9.48 Å². The number of furan rings is 1. The Morgan fingerprint density at radius 2 is 1.96 bits per heavy atom. The summed E-state index contributed by atoms with van der Waals surface area (Å²) in [5.74, 6) is -0.258. The molecule has 2 heterocycles. The second kappa shape index (κ2) is 7.30. The van der Waals surface area contributed by atoms with Crippen molar-refractivity contribution in [2.45, 2.75) is 26.1 Å². The number of amides is 1. The van der Waals surface area contributed by atoms with E-state index in [1.807, 2.05) is 19.9 Å². The summed E-state index contributed by atoms with van der Waals surface area (Å²) in [6, 6.07) is 9.53. The van der Waals surface area contributed by atoms with Gasteiger partial charge >= 0.3 is 6.18 Å². The zero-order valence-electron chi connectivity index (χ0n) is 14.7. The molecule has 0 fully saturated rings. The molecule has 1 unspecified atom stereocenters. The van der Waals surface area contributed by atoms with Crippen molar-refractivity contribution in [2.24, 2.45) is 0 Å². The molecule has 5 nitrogen and oxygen atoms in total. The van der Waals surface area contributed by atoms with Gasteiger partial charge in [-0.05, 0) is 44.2 Å². The molecule has 0 saturated carbocycles. The van der Waals surface area contributed by atoms with Gasteiger partial charge in [0.05, 0.1) is 23.1 Å². The second-order valence-electron chi connectivity index (χ2n) is 6.16. The fourth-order valence-electron chi connectivity index (χ4n) is 2.96. The summed E-state index contributed by atoms with van der Waals surface area (Å²) >= 11 is 0. The predicted octanol–water partition coefficient (Wildman–Crippen LogP) is 4.13. The maximum atomic E-state index is 13.1. The van der Waals surface area contributed by atoms with E-state index in [0.29, 0.717) is 5.76 Å². The molecule has 0 spiro atoms. The van der Waals surface area contributed by atoms with E-state index in [1.54, 1.807) is 16.8 Å². The standard InChI is InChI=1S/C19H18F3N3O2/c1-12-10-13(2)25(24-12)16(17-8-5-9-27-17)11-23-18(26)14-6-3-4-7-15(14)19(20,21)22/h3-10,16H,11H2,1-2H3,(H,23,26). The van der Waals surface area contributed by atoms with E-state index in [4.69, 9.17) is 4.42 Å². The maximum absolute atomic E-state index is 13.1. The van der Waals surface area contributed by atoms with Crippen LogP contribution < -0.4 is 5.32 Å². The minimum absolute atomic E-state index is 0.0283. The molecule has 3 rings (SSSR count). The molecule has 3 aromatic rings. The molecule has 0 aliphatic carbocycles. The van der Waals surface area contributed by atoms with Crippen molar-refractivity contribution in [2.75, 3.05) is 6.54 Å². The number of carbonyl (C=O) groups is 1. The number of rotatable bonds is 5. The van der Waals surface area contributed by atoms with Crippen LogP contribution in [0.2, 0.25) is 0 Å². The Morgan fingerprint density at radius 1 is 1.22 bits per heavy atom. The van der Waals surface area contributed by atoms with Crippen molar-refractivity contribution >= 4 is 5.91 Å². The number of halogens is 3. The summed E-state index contributed by atoms with van der Waals surface area (Å²) in [4.78, 5) is 12.4. The van der Waals surface area contributed by atoms with Gasteiger partial charge in [-0.15, -0.1) is 0 Å². The first kappa shape index (κ1) is 18.8. The van der Waals surface area contributed by atoms with Gasteiger partial charge in [0.15, 0.2) is 0 Å². The molecule has 1 amide bonds. The van der Waals surface area contributed by atoms with Crippen molar-refractivity contribution in [3.8, 4) is 0 Å². The first-order valence-electron chi connectivity index (χ1n) is 8.28. The number of aryl methyl sites for hydroxylation is 2. The Morgan fingerprint density at radius 3 is 2.56 bits per heavy atom. The van der Waals surface area contributed by atoms with E-state index in [-0.39, 0.29) is 6.54 Å². The molecule has 1 atom stereocenters. The number of hydrogen-bond donors (Lipinski definition) is 1. The molecule has 0 radical (unpaired) electrons. The monoisotopic (exact) mass is 377 g/mol. The minimum atomic E-state index is -4.61. The van der Waals surface area contributed by atoms with E-state index in [9.17, 15) is 18.0 Å². The molecule has 0 aliphatic heterocycles. The lowest BCUT2D eigenvalue weighted by molar-refractivity contribution is -0.137. The number of nitrogens with one attached hydrogen (secondary N) is 1. The van der Waals surface area contributed by atoms with Gasteiger partial charge < -0.3 is 9.73 Å². The largest absolute Gasteiger partial charge is 0.467 e. The number of nitrogens with zero attached hydrogens (tertiary/aromatic N) is 2. The van der Waals surface area contributed by atoms with Gasteiger partial charge in [0.25, 0.3) is 5.91 Å². The highest BCUT2D eigenvalue weighted by molar-refractivity contribution is 5.95. The van der Waals surface area contributed by atoms with Crippen LogP contribution in [0.5, 0.6) is 0 Å². The Balaban J connectivity index is 1.85. The summed E-state index contributed by atoms with van der Waals surface area (Å²) in [7, 11) is 0. The van der Waals surface area contributed by atoms with Gasteiger partial charge in [-0.2, -0.15) is 18.3 Å². The molecule has 2 aromatic heterocycles. The SMILES string of the molecule is Cc1cc(C)n(C(CNC(=O)c2ccccc2C(F)(F)F)c2ccco2)n1. The highest BCUT2D eigenvalue weighted by Gasteiger charge is 2.35. The summed E-state index contributed by atoms with van der Waals surface area (Å²) in [6.45, 7) is 3.72. The first-order valence-corrected chi connectivity index (χ1v) is 8.28. The van der Waals surface area contributed by atoms with Gasteiger partial charge in [-0.1, -0.05) is 12.1 Å². The zero-order chi connectivity index (χ0) is 19.6. The molecular weight excluding hydrogens is 359 g/mol. The van der Waals surface area contributed by atoms with E-state index < -0.39 is 29.3 Å². The maximum Gasteiger partial charge on any atom is 0.417 e. The third-order valence-electron chi connectivity index (χ3n) is 4.14. The van der Waals surface area contributed by atoms with Crippen LogP contribution in [-0.4, -0.2) is 22.2 Å². The van der Waals surface area contributed by atoms with Crippen LogP contribution in [0.3, 0.4) is 0 Å². The number of alkyl halides is 3. The normalized spacial score (nSPS) is 12.8. The van der Waals surface area contributed by atoms with Crippen LogP contribution >= 0.6 is 0 Å². The topological polar surface area (TPSA) is 60.1 Å². The molecule has 27 heavy (non-hydrogen) atoms. The molecule has 0 saturated heterocycles. The van der Waals surface area contributed by atoms with E-state index in [0.717, 1.165) is 23.5 Å². The Hall–Kier alpha value is -3.03. The van der Waals surface area contributed by atoms with Crippen molar-refractivity contribution < 1.29 is 22.4 Å². The van der Waals surface area contributed by atoms with E-state index >= 15 is 0 Å². The van der Waals surface area contributed by atoms with Crippen LogP contribution in [0.25, 0.3) is 0 Å². The quantitative estimate of drug-likeness (QED) is 0.727. The van der Waals surface area contributed by atoms with Crippen LogP contribution in [-0.2, 0) is 6.18 Å². The number of hydrogen-bond acceptors (Lipinski definition) is 3. The zero-order valence-corrected chi connectivity index (χ0v) is 14.7. The Labute approximate surface area is 153 Å². The summed E-state index contributed by atoms with van der Waals surface area (Å²) < 4.78 is 46.5. The Bertz CT molecular complexity index is 930. The smallest absolute Gasteiger partial charge is 0.417 e. The third-order valence-corrected chi connectivity index (χ3v) is 4.14. The Kier molecular flexibility index (Phi) is 5.07. The van der Waals surface area contributed by atoms with Crippen molar-refractivity contribution in [3.05, 3.63) is 77.0 Å². The average Bonchev–Trinajstić information content (AvgIpc) is 3.24. The number of benzene rings is 1. The van der Waals surface area contributed by atoms with Crippen LogP contribution in [0.15, 0.2) is 53.1 Å². The average molecular weight is 377 g/mol. The van der Waals surface area contributed by atoms with Crippen molar-refractivity contribution in [1.29, 1.82) is 0 Å². The minimum Gasteiger partial charge on any atom is -0.467 e.